The van der Waals surface area contributed by atoms with Crippen molar-refractivity contribution < 1.29 is 28.6 Å². The summed E-state index contributed by atoms with van der Waals surface area (Å²) in [6.07, 6.45) is 1.18. The maximum Gasteiger partial charge on any atom is 0.330 e. The molecule has 132 valence electrons. The van der Waals surface area contributed by atoms with Crippen LogP contribution in [0.15, 0.2) is 54.6 Å². The standard InChI is InChI=1S/C20H16O6/c1-24-14-7-3-12(4-8-14)17-11-16(21)18(20(23)26-17)19(22)13-5-9-15(25-2)10-6-13/h3-11,18H,1-2H3. The van der Waals surface area contributed by atoms with E-state index < -0.39 is 23.5 Å². The molecule has 26 heavy (non-hydrogen) atoms. The fourth-order valence-electron chi connectivity index (χ4n) is 2.58. The molecule has 1 heterocycles. The number of ether oxygens (including phenoxy) is 3. The van der Waals surface area contributed by atoms with Crippen molar-refractivity contribution in [3.8, 4) is 11.5 Å². The highest BCUT2D eigenvalue weighted by molar-refractivity contribution is 6.28. The maximum absolute atomic E-state index is 12.5. The van der Waals surface area contributed by atoms with Crippen LogP contribution in [0.2, 0.25) is 0 Å². The molecule has 3 rings (SSSR count). The third-order valence-corrected chi connectivity index (χ3v) is 4.02. The normalized spacial score (nSPS) is 16.5. The first-order valence-electron chi connectivity index (χ1n) is 7.83. The van der Waals surface area contributed by atoms with Crippen molar-refractivity contribution in [3.63, 3.8) is 0 Å². The number of cyclic esters (lactones) is 1. The highest BCUT2D eigenvalue weighted by atomic mass is 16.5. The Kier molecular flexibility index (Phi) is 4.84. The minimum Gasteiger partial charge on any atom is -0.497 e. The molecule has 2 aromatic carbocycles. The predicted molar refractivity (Wildman–Crippen MR) is 92.9 cm³/mol. The number of hydrogen-bond donors (Lipinski definition) is 0. The molecule has 1 unspecified atom stereocenters. The fraction of sp³-hybridized carbons (Fsp3) is 0.150. The second-order valence-electron chi connectivity index (χ2n) is 5.59. The smallest absolute Gasteiger partial charge is 0.330 e. The molecular weight excluding hydrogens is 336 g/mol. The molecule has 0 saturated carbocycles. The van der Waals surface area contributed by atoms with Crippen LogP contribution in [0.5, 0.6) is 11.5 Å². The van der Waals surface area contributed by atoms with Gasteiger partial charge in [-0.05, 0) is 48.5 Å². The highest BCUT2D eigenvalue weighted by Gasteiger charge is 2.39. The lowest BCUT2D eigenvalue weighted by Gasteiger charge is -2.19. The Balaban J connectivity index is 1.84. The van der Waals surface area contributed by atoms with E-state index in [2.05, 4.69) is 0 Å². The van der Waals surface area contributed by atoms with Gasteiger partial charge in [0.1, 0.15) is 17.3 Å². The molecule has 0 bridgehead atoms. The number of allylic oxidation sites excluding steroid dienone is 1. The van der Waals surface area contributed by atoms with E-state index in [4.69, 9.17) is 14.2 Å². The van der Waals surface area contributed by atoms with E-state index in [1.165, 1.54) is 32.4 Å². The lowest BCUT2D eigenvalue weighted by atomic mass is 9.91. The van der Waals surface area contributed by atoms with Crippen molar-refractivity contribution >= 4 is 23.3 Å². The first-order valence-corrected chi connectivity index (χ1v) is 7.83. The van der Waals surface area contributed by atoms with Gasteiger partial charge in [0.15, 0.2) is 17.5 Å². The molecular formula is C20H16O6. The highest BCUT2D eigenvalue weighted by Crippen LogP contribution is 2.27. The number of hydrogen-bond acceptors (Lipinski definition) is 6. The summed E-state index contributed by atoms with van der Waals surface area (Å²) >= 11 is 0. The molecule has 6 nitrogen and oxygen atoms in total. The van der Waals surface area contributed by atoms with Crippen LogP contribution >= 0.6 is 0 Å². The number of Topliss-reactive ketones (excluding diaryl/α,β-unsaturated/α-hetero) is 1. The molecule has 0 N–H and O–H groups in total. The van der Waals surface area contributed by atoms with Crippen LogP contribution in [-0.4, -0.2) is 31.8 Å². The monoisotopic (exact) mass is 352 g/mol. The van der Waals surface area contributed by atoms with E-state index in [0.717, 1.165) is 0 Å². The van der Waals surface area contributed by atoms with Crippen molar-refractivity contribution in [2.75, 3.05) is 14.2 Å². The van der Waals surface area contributed by atoms with E-state index in [1.807, 2.05) is 0 Å². The summed E-state index contributed by atoms with van der Waals surface area (Å²) in [6, 6.07) is 12.9. The Bertz CT molecular complexity index is 878. The van der Waals surface area contributed by atoms with Crippen LogP contribution in [0, 0.1) is 5.92 Å². The van der Waals surface area contributed by atoms with Crippen molar-refractivity contribution in [1.82, 2.24) is 0 Å². The molecule has 0 spiro atoms. The third kappa shape index (κ3) is 3.35. The van der Waals surface area contributed by atoms with Crippen molar-refractivity contribution in [2.45, 2.75) is 0 Å². The molecule has 0 amide bonds. The van der Waals surface area contributed by atoms with Gasteiger partial charge in [-0.25, -0.2) is 0 Å². The lowest BCUT2D eigenvalue weighted by Crippen LogP contribution is -2.35. The van der Waals surface area contributed by atoms with Gasteiger partial charge in [-0.3, -0.25) is 14.4 Å². The zero-order valence-electron chi connectivity index (χ0n) is 14.2. The van der Waals surface area contributed by atoms with Gasteiger partial charge in [0.25, 0.3) is 0 Å². The molecule has 6 heteroatoms. The Morgan fingerprint density at radius 3 is 1.92 bits per heavy atom. The maximum atomic E-state index is 12.5. The number of carbonyl (C=O) groups is 3. The average molecular weight is 352 g/mol. The van der Waals surface area contributed by atoms with Crippen LogP contribution in [-0.2, 0) is 14.3 Å². The summed E-state index contributed by atoms with van der Waals surface area (Å²) in [6.45, 7) is 0. The number of carbonyl (C=O) groups excluding carboxylic acids is 3. The van der Waals surface area contributed by atoms with Gasteiger partial charge in [0, 0.05) is 17.2 Å². The van der Waals surface area contributed by atoms with E-state index in [0.29, 0.717) is 17.1 Å². The Morgan fingerprint density at radius 2 is 1.42 bits per heavy atom. The van der Waals surface area contributed by atoms with Crippen LogP contribution < -0.4 is 9.47 Å². The summed E-state index contributed by atoms with van der Waals surface area (Å²) < 4.78 is 15.3. The number of benzene rings is 2. The second-order valence-corrected chi connectivity index (χ2v) is 5.59. The molecule has 0 radical (unpaired) electrons. The molecule has 0 aromatic heterocycles. The zero-order valence-corrected chi connectivity index (χ0v) is 14.2. The van der Waals surface area contributed by atoms with Crippen molar-refractivity contribution in [1.29, 1.82) is 0 Å². The van der Waals surface area contributed by atoms with Crippen LogP contribution in [0.1, 0.15) is 15.9 Å². The minimum absolute atomic E-state index is 0.112. The summed E-state index contributed by atoms with van der Waals surface area (Å²) in [5.41, 5.74) is 0.783. The minimum atomic E-state index is -1.50. The summed E-state index contributed by atoms with van der Waals surface area (Å²) in [4.78, 5) is 37.2. The molecule has 1 aliphatic rings. The fourth-order valence-corrected chi connectivity index (χ4v) is 2.58. The number of methoxy groups -OCH3 is 2. The van der Waals surface area contributed by atoms with Gasteiger partial charge in [0.05, 0.1) is 14.2 Å². The van der Waals surface area contributed by atoms with E-state index >= 15 is 0 Å². The zero-order chi connectivity index (χ0) is 18.7. The predicted octanol–water partition coefficient (Wildman–Crippen LogP) is 2.67. The number of ketones is 2. The van der Waals surface area contributed by atoms with Gasteiger partial charge in [-0.2, -0.15) is 0 Å². The Morgan fingerprint density at radius 1 is 0.885 bits per heavy atom. The topological polar surface area (TPSA) is 78.9 Å². The van der Waals surface area contributed by atoms with Crippen LogP contribution in [0.25, 0.3) is 5.76 Å². The van der Waals surface area contributed by atoms with Gasteiger partial charge in [0.2, 0.25) is 0 Å². The summed E-state index contributed by atoms with van der Waals surface area (Å²) in [5, 5.41) is 0. The molecule has 0 aliphatic carbocycles. The summed E-state index contributed by atoms with van der Waals surface area (Å²) in [7, 11) is 3.04. The van der Waals surface area contributed by atoms with Gasteiger partial charge >= 0.3 is 5.97 Å². The lowest BCUT2D eigenvalue weighted by molar-refractivity contribution is -0.143. The molecule has 0 saturated heterocycles. The molecule has 0 fully saturated rings. The average Bonchev–Trinajstić information content (AvgIpc) is 2.67. The van der Waals surface area contributed by atoms with Crippen molar-refractivity contribution in [3.05, 3.63) is 65.7 Å². The SMILES string of the molecule is COc1ccc(C(=O)C2C(=O)C=C(c3ccc(OC)cc3)OC2=O)cc1. The third-order valence-electron chi connectivity index (χ3n) is 4.02. The molecule has 2 aromatic rings. The second kappa shape index (κ2) is 7.23. The van der Waals surface area contributed by atoms with Crippen molar-refractivity contribution in [2.24, 2.45) is 5.92 Å². The van der Waals surface area contributed by atoms with Crippen LogP contribution in [0.3, 0.4) is 0 Å². The first-order chi connectivity index (χ1) is 12.5. The van der Waals surface area contributed by atoms with Gasteiger partial charge in [-0.1, -0.05) is 0 Å². The van der Waals surface area contributed by atoms with E-state index in [9.17, 15) is 14.4 Å². The van der Waals surface area contributed by atoms with Crippen LogP contribution in [0.4, 0.5) is 0 Å². The summed E-state index contributed by atoms with van der Waals surface area (Å²) in [5.74, 6) is -2.27. The number of esters is 1. The molecule has 1 aliphatic heterocycles. The molecule has 1 atom stereocenters. The van der Waals surface area contributed by atoms with E-state index in [-0.39, 0.29) is 11.3 Å². The Hall–Kier alpha value is -3.41. The number of rotatable bonds is 5. The van der Waals surface area contributed by atoms with E-state index in [1.54, 1.807) is 36.4 Å². The van der Waals surface area contributed by atoms with Gasteiger partial charge in [-0.15, -0.1) is 0 Å². The largest absolute Gasteiger partial charge is 0.497 e. The first kappa shape index (κ1) is 17.4. The Labute approximate surface area is 150 Å². The van der Waals surface area contributed by atoms with Gasteiger partial charge < -0.3 is 14.2 Å². The quantitative estimate of drug-likeness (QED) is 0.468.